The summed E-state index contributed by atoms with van der Waals surface area (Å²) in [6, 6.07) is 0. The van der Waals surface area contributed by atoms with Crippen molar-refractivity contribution in [3.05, 3.63) is 72.9 Å². The molecule has 68 heavy (non-hydrogen) atoms. The van der Waals surface area contributed by atoms with Crippen LogP contribution >= 0.6 is 0 Å². The molecule has 0 saturated carbocycles. The third-order valence-corrected chi connectivity index (χ3v) is 12.5. The number of hydrogen-bond donors (Lipinski definition) is 0. The highest BCUT2D eigenvalue weighted by Crippen LogP contribution is 2.15. The molecule has 0 radical (unpaired) electrons. The molecule has 0 aliphatic heterocycles. The number of carbonyl (C=O) groups is 3. The lowest BCUT2D eigenvalue weighted by molar-refractivity contribution is -0.167. The second-order valence-electron chi connectivity index (χ2n) is 19.3. The summed E-state index contributed by atoms with van der Waals surface area (Å²) in [5, 5.41) is 0. The van der Waals surface area contributed by atoms with E-state index in [1.54, 1.807) is 0 Å². The van der Waals surface area contributed by atoms with Crippen LogP contribution in [0.3, 0.4) is 0 Å². The first-order valence-electron chi connectivity index (χ1n) is 29.0. The molecule has 1 atom stereocenters. The van der Waals surface area contributed by atoms with E-state index in [4.69, 9.17) is 14.2 Å². The zero-order valence-electron chi connectivity index (χ0n) is 44.9. The van der Waals surface area contributed by atoms with Crippen molar-refractivity contribution in [3.63, 3.8) is 0 Å². The van der Waals surface area contributed by atoms with Crippen molar-refractivity contribution >= 4 is 17.9 Å². The van der Waals surface area contributed by atoms with Gasteiger partial charge in [0.25, 0.3) is 0 Å². The van der Waals surface area contributed by atoms with Gasteiger partial charge in [0.1, 0.15) is 13.2 Å². The van der Waals surface area contributed by atoms with Crippen LogP contribution in [0.15, 0.2) is 72.9 Å². The number of hydrogen-bond acceptors (Lipinski definition) is 6. The summed E-state index contributed by atoms with van der Waals surface area (Å²) in [5.74, 6) is -0.916. The van der Waals surface area contributed by atoms with Gasteiger partial charge in [0.05, 0.1) is 0 Å². The first kappa shape index (κ1) is 64.8. The highest BCUT2D eigenvalue weighted by atomic mass is 16.6. The predicted molar refractivity (Wildman–Crippen MR) is 293 cm³/mol. The fraction of sp³-hybridized carbons (Fsp3) is 0.758. The monoisotopic (exact) mass is 949 g/mol. The minimum absolute atomic E-state index is 0.0882. The molecule has 6 nitrogen and oxygen atoms in total. The number of unbranched alkanes of at least 4 members (excludes halogenated alkanes) is 32. The Labute approximate surface area is 421 Å². The fourth-order valence-electron chi connectivity index (χ4n) is 8.15. The molecule has 6 heteroatoms. The molecule has 0 spiro atoms. The van der Waals surface area contributed by atoms with Crippen molar-refractivity contribution < 1.29 is 28.6 Å². The van der Waals surface area contributed by atoms with Gasteiger partial charge in [-0.15, -0.1) is 0 Å². The Kier molecular flexibility index (Phi) is 53.8. The molecule has 1 unspecified atom stereocenters. The third-order valence-electron chi connectivity index (χ3n) is 12.5. The minimum atomic E-state index is -0.792. The molecule has 0 heterocycles. The molecule has 392 valence electrons. The van der Waals surface area contributed by atoms with Crippen LogP contribution in [0.25, 0.3) is 0 Å². The van der Waals surface area contributed by atoms with Crippen LogP contribution in [0.2, 0.25) is 0 Å². The van der Waals surface area contributed by atoms with E-state index >= 15 is 0 Å². The molecule has 0 saturated heterocycles. The molecule has 0 aromatic carbocycles. The first-order valence-corrected chi connectivity index (χ1v) is 29.0. The molecule has 0 rings (SSSR count). The summed E-state index contributed by atoms with van der Waals surface area (Å²) in [6.45, 7) is 6.49. The van der Waals surface area contributed by atoms with Gasteiger partial charge < -0.3 is 14.2 Å². The average Bonchev–Trinajstić information content (AvgIpc) is 3.34. The smallest absolute Gasteiger partial charge is 0.306 e. The summed E-state index contributed by atoms with van der Waals surface area (Å²) in [4.78, 5) is 38.2. The van der Waals surface area contributed by atoms with Crippen molar-refractivity contribution in [1.29, 1.82) is 0 Å². The number of ether oxygens (including phenoxy) is 3. The number of carbonyl (C=O) groups excluding carboxylic acids is 3. The highest BCUT2D eigenvalue weighted by molar-refractivity contribution is 5.71. The zero-order valence-corrected chi connectivity index (χ0v) is 44.9. The standard InChI is InChI=1S/C62H108O6/c1-4-7-10-13-16-19-22-25-28-30-31-32-35-37-40-43-46-49-52-55-61(64)67-58-59(57-66-60(63)54-51-48-45-42-39-36-33-27-24-21-18-15-12-9-6-3)68-62(65)56-53-50-47-44-41-38-34-29-26-23-20-17-14-11-8-5-2/h9,12,15,18,21,24,27,29-31,33-34,59H,4-8,10-11,13-14,16-17,19-20,22-23,25-26,28,32,35-58H2,1-3H3/b12-9-,18-15-,24-21-,31-30-,33-27-,34-29-. The lowest BCUT2D eigenvalue weighted by Crippen LogP contribution is -2.30. The summed E-state index contributed by atoms with van der Waals surface area (Å²) in [7, 11) is 0. The van der Waals surface area contributed by atoms with E-state index in [1.807, 2.05) is 18.2 Å². The fourth-order valence-corrected chi connectivity index (χ4v) is 8.15. The van der Waals surface area contributed by atoms with Gasteiger partial charge in [0.2, 0.25) is 0 Å². The Balaban J connectivity index is 4.41. The summed E-state index contributed by atoms with van der Waals surface area (Å²) < 4.78 is 16.8. The van der Waals surface area contributed by atoms with Crippen molar-refractivity contribution in [2.24, 2.45) is 0 Å². The van der Waals surface area contributed by atoms with Gasteiger partial charge in [-0.05, 0) is 89.9 Å². The molecule has 0 aromatic rings. The quantitative estimate of drug-likeness (QED) is 0.0199. The summed E-state index contributed by atoms with van der Waals surface area (Å²) >= 11 is 0. The van der Waals surface area contributed by atoms with E-state index in [0.717, 1.165) is 96.3 Å². The Morgan fingerprint density at radius 2 is 0.588 bits per heavy atom. The summed E-state index contributed by atoms with van der Waals surface area (Å²) in [5.41, 5.74) is 0. The molecule has 0 aliphatic carbocycles. The van der Waals surface area contributed by atoms with Crippen LogP contribution in [0.5, 0.6) is 0 Å². The van der Waals surface area contributed by atoms with Gasteiger partial charge in [-0.2, -0.15) is 0 Å². The van der Waals surface area contributed by atoms with Gasteiger partial charge in [-0.25, -0.2) is 0 Å². The SMILES string of the molecule is CC\C=C/C=C\C=C/C=C\CCCCCCCC(=O)OCC(COC(=O)CCCCCCCCC/C=C\CCCCCCCCCC)OC(=O)CCCCCCC/C=C\CCCCCCCCC. The number of rotatable bonds is 52. The Bertz CT molecular complexity index is 1270. The van der Waals surface area contributed by atoms with Crippen molar-refractivity contribution in [1.82, 2.24) is 0 Å². The normalized spacial score (nSPS) is 12.6. The van der Waals surface area contributed by atoms with Crippen molar-refractivity contribution in [3.8, 4) is 0 Å². The van der Waals surface area contributed by atoms with E-state index in [2.05, 4.69) is 75.5 Å². The van der Waals surface area contributed by atoms with E-state index in [0.29, 0.717) is 19.3 Å². The first-order chi connectivity index (χ1) is 33.5. The van der Waals surface area contributed by atoms with Crippen molar-refractivity contribution in [2.75, 3.05) is 13.2 Å². The van der Waals surface area contributed by atoms with Crippen LogP contribution in [0.1, 0.15) is 284 Å². The van der Waals surface area contributed by atoms with Gasteiger partial charge in [-0.3, -0.25) is 14.4 Å². The third kappa shape index (κ3) is 53.8. The van der Waals surface area contributed by atoms with E-state index in [-0.39, 0.29) is 31.1 Å². The molecular formula is C62H108O6. The molecule has 0 aromatic heterocycles. The molecular weight excluding hydrogens is 841 g/mol. The van der Waals surface area contributed by atoms with Crippen LogP contribution in [0.4, 0.5) is 0 Å². The highest BCUT2D eigenvalue weighted by Gasteiger charge is 2.19. The molecule has 0 amide bonds. The Morgan fingerprint density at radius 1 is 0.309 bits per heavy atom. The second-order valence-corrected chi connectivity index (χ2v) is 19.3. The number of esters is 3. The molecule has 0 N–H and O–H groups in total. The zero-order chi connectivity index (χ0) is 49.3. The van der Waals surface area contributed by atoms with Gasteiger partial charge in [-0.1, -0.05) is 248 Å². The minimum Gasteiger partial charge on any atom is -0.462 e. The van der Waals surface area contributed by atoms with E-state index in [1.165, 1.54) is 148 Å². The van der Waals surface area contributed by atoms with Crippen LogP contribution in [-0.4, -0.2) is 37.2 Å². The molecule has 0 bridgehead atoms. The van der Waals surface area contributed by atoms with Crippen molar-refractivity contribution in [2.45, 2.75) is 290 Å². The summed E-state index contributed by atoms with van der Waals surface area (Å²) in [6.07, 6.45) is 71.8. The lowest BCUT2D eigenvalue weighted by atomic mass is 10.1. The predicted octanol–water partition coefficient (Wildman–Crippen LogP) is 19.4. The number of allylic oxidation sites excluding steroid dienone is 12. The second kappa shape index (κ2) is 56.4. The van der Waals surface area contributed by atoms with Crippen LogP contribution in [-0.2, 0) is 28.6 Å². The van der Waals surface area contributed by atoms with Crippen LogP contribution in [0, 0.1) is 0 Å². The van der Waals surface area contributed by atoms with Crippen LogP contribution < -0.4 is 0 Å². The maximum atomic E-state index is 12.9. The Hall–Kier alpha value is -3.15. The molecule has 0 fully saturated rings. The Morgan fingerprint density at radius 3 is 0.941 bits per heavy atom. The van der Waals surface area contributed by atoms with E-state index < -0.39 is 6.10 Å². The largest absolute Gasteiger partial charge is 0.462 e. The van der Waals surface area contributed by atoms with E-state index in [9.17, 15) is 14.4 Å². The topological polar surface area (TPSA) is 78.9 Å². The van der Waals surface area contributed by atoms with Gasteiger partial charge >= 0.3 is 17.9 Å². The van der Waals surface area contributed by atoms with Gasteiger partial charge in [0.15, 0.2) is 6.10 Å². The molecule has 0 aliphatic rings. The maximum Gasteiger partial charge on any atom is 0.306 e. The maximum absolute atomic E-state index is 12.9. The average molecular weight is 950 g/mol. The van der Waals surface area contributed by atoms with Gasteiger partial charge in [0, 0.05) is 19.3 Å². The lowest BCUT2D eigenvalue weighted by Gasteiger charge is -2.18.